The average molecular weight is 894 g/mol. The lowest BCUT2D eigenvalue weighted by molar-refractivity contribution is -0.161. The molecule has 0 radical (unpaired) electrons. The fourth-order valence-corrected chi connectivity index (χ4v) is 7.92. The number of hydrogen-bond acceptors (Lipinski definition) is 8. The predicted octanol–water partition coefficient (Wildman–Crippen LogP) is 15.5. The number of esters is 2. The van der Waals surface area contributed by atoms with Gasteiger partial charge in [-0.1, -0.05) is 223 Å². The van der Waals surface area contributed by atoms with Crippen molar-refractivity contribution in [1.29, 1.82) is 0 Å². The van der Waals surface area contributed by atoms with E-state index < -0.39 is 32.5 Å². The first-order valence-corrected chi connectivity index (χ1v) is 27.1. The second-order valence-corrected chi connectivity index (χ2v) is 18.5. The Labute approximate surface area is 381 Å². The summed E-state index contributed by atoms with van der Waals surface area (Å²) < 4.78 is 32.9. The zero-order valence-corrected chi connectivity index (χ0v) is 41.0. The smallest absolute Gasteiger partial charge is 0.462 e. The van der Waals surface area contributed by atoms with Crippen molar-refractivity contribution < 1.29 is 37.6 Å². The van der Waals surface area contributed by atoms with E-state index in [9.17, 15) is 19.0 Å². The fourth-order valence-electron chi connectivity index (χ4n) is 7.16. The van der Waals surface area contributed by atoms with Crippen molar-refractivity contribution in [1.82, 2.24) is 0 Å². The van der Waals surface area contributed by atoms with Gasteiger partial charge in [-0.3, -0.25) is 18.6 Å². The minimum absolute atomic E-state index is 0.0462. The van der Waals surface area contributed by atoms with Gasteiger partial charge in [0.15, 0.2) is 6.10 Å². The number of allylic oxidation sites excluding steroid dienone is 8. The van der Waals surface area contributed by atoms with Gasteiger partial charge in [-0.05, 0) is 51.4 Å². The van der Waals surface area contributed by atoms with Gasteiger partial charge in [0, 0.05) is 19.4 Å². The highest BCUT2D eigenvalue weighted by Crippen LogP contribution is 2.43. The number of phosphoric acid groups is 1. The Balaban J connectivity index is 4.13. The molecule has 362 valence electrons. The molecule has 0 amide bonds. The van der Waals surface area contributed by atoms with Crippen LogP contribution < -0.4 is 5.73 Å². The summed E-state index contributed by atoms with van der Waals surface area (Å²) >= 11 is 0. The monoisotopic (exact) mass is 894 g/mol. The lowest BCUT2D eigenvalue weighted by Gasteiger charge is -2.19. The molecular formula is C52H96NO8P. The van der Waals surface area contributed by atoms with Gasteiger partial charge in [-0.2, -0.15) is 0 Å². The molecular weight excluding hydrogens is 798 g/mol. The summed E-state index contributed by atoms with van der Waals surface area (Å²) in [7, 11) is -4.39. The largest absolute Gasteiger partial charge is 0.472 e. The number of rotatable bonds is 48. The molecule has 0 aliphatic rings. The van der Waals surface area contributed by atoms with Crippen molar-refractivity contribution in [2.45, 2.75) is 245 Å². The molecule has 0 aromatic rings. The van der Waals surface area contributed by atoms with Gasteiger partial charge in [-0.25, -0.2) is 4.57 Å². The van der Waals surface area contributed by atoms with Gasteiger partial charge in [0.05, 0.1) is 13.2 Å². The Morgan fingerprint density at radius 3 is 1.29 bits per heavy atom. The number of unbranched alkanes of at least 4 members (excludes halogenated alkanes) is 27. The molecule has 0 spiro atoms. The number of carbonyl (C=O) groups excluding carboxylic acids is 2. The molecule has 0 heterocycles. The number of hydrogen-bond donors (Lipinski definition) is 2. The van der Waals surface area contributed by atoms with Crippen LogP contribution in [-0.2, 0) is 32.7 Å². The summed E-state index contributed by atoms with van der Waals surface area (Å²) in [4.78, 5) is 35.0. The van der Waals surface area contributed by atoms with Crippen LogP contribution in [0.3, 0.4) is 0 Å². The Hall–Kier alpha value is -2.03. The summed E-state index contributed by atoms with van der Waals surface area (Å²) in [5, 5.41) is 0. The van der Waals surface area contributed by atoms with Crippen molar-refractivity contribution in [3.8, 4) is 0 Å². The highest BCUT2D eigenvalue weighted by molar-refractivity contribution is 7.47. The topological polar surface area (TPSA) is 134 Å². The molecule has 1 unspecified atom stereocenters. The Morgan fingerprint density at radius 2 is 0.855 bits per heavy atom. The molecule has 9 nitrogen and oxygen atoms in total. The lowest BCUT2D eigenvalue weighted by Crippen LogP contribution is -2.29. The quantitative estimate of drug-likeness (QED) is 0.0265. The number of phosphoric ester groups is 1. The van der Waals surface area contributed by atoms with Crippen LogP contribution in [-0.4, -0.2) is 49.3 Å². The fraction of sp³-hybridized carbons (Fsp3) is 0.808. The third kappa shape index (κ3) is 47.4. The van der Waals surface area contributed by atoms with E-state index in [4.69, 9.17) is 24.3 Å². The number of nitrogens with two attached hydrogens (primary N) is 1. The maximum atomic E-state index is 12.6. The van der Waals surface area contributed by atoms with Crippen LogP contribution >= 0.6 is 7.82 Å². The molecule has 0 saturated heterocycles. The van der Waals surface area contributed by atoms with E-state index in [0.717, 1.165) is 44.9 Å². The van der Waals surface area contributed by atoms with Crippen molar-refractivity contribution >= 4 is 19.8 Å². The molecule has 0 aromatic heterocycles. The second kappa shape index (κ2) is 48.4. The highest BCUT2D eigenvalue weighted by Gasteiger charge is 2.26. The van der Waals surface area contributed by atoms with Crippen LogP contribution in [0.25, 0.3) is 0 Å². The van der Waals surface area contributed by atoms with Gasteiger partial charge in [0.2, 0.25) is 0 Å². The first-order valence-electron chi connectivity index (χ1n) is 25.6. The van der Waals surface area contributed by atoms with Crippen molar-refractivity contribution in [2.24, 2.45) is 5.73 Å². The minimum atomic E-state index is -4.39. The van der Waals surface area contributed by atoms with E-state index in [1.54, 1.807) is 0 Å². The summed E-state index contributed by atoms with van der Waals surface area (Å²) in [5.41, 5.74) is 5.36. The minimum Gasteiger partial charge on any atom is -0.462 e. The maximum Gasteiger partial charge on any atom is 0.472 e. The zero-order valence-electron chi connectivity index (χ0n) is 40.1. The van der Waals surface area contributed by atoms with Crippen molar-refractivity contribution in [3.63, 3.8) is 0 Å². The molecule has 0 aromatic carbocycles. The van der Waals surface area contributed by atoms with Gasteiger partial charge in [0.1, 0.15) is 6.61 Å². The molecule has 0 bridgehead atoms. The third-order valence-corrected chi connectivity index (χ3v) is 12.0. The standard InChI is InChI=1S/C52H96NO8P/c1-3-5-7-9-11-13-15-17-19-21-23-25-27-28-30-32-34-36-38-40-42-44-51(54)58-48-50(49-60-62(56,57)59-47-46-53)61-52(55)45-43-41-39-37-35-33-31-29-26-24-22-20-18-16-14-12-10-8-6-4-2/h19,21,25,27,30,32,36,38,50H,3-18,20,22-24,26,28-29,31,33-35,37,39-49,53H2,1-2H3,(H,56,57)/b21-19+,27-25+,32-30+,38-36+/t50-/m1/s1. The van der Waals surface area contributed by atoms with Crippen molar-refractivity contribution in [3.05, 3.63) is 48.6 Å². The van der Waals surface area contributed by atoms with Gasteiger partial charge in [0.25, 0.3) is 0 Å². The van der Waals surface area contributed by atoms with E-state index in [1.807, 2.05) is 0 Å². The molecule has 62 heavy (non-hydrogen) atoms. The number of carbonyl (C=O) groups is 2. The first kappa shape index (κ1) is 60.0. The van der Waals surface area contributed by atoms with Crippen LogP contribution in [0, 0.1) is 0 Å². The van der Waals surface area contributed by atoms with Gasteiger partial charge >= 0.3 is 19.8 Å². The van der Waals surface area contributed by atoms with Gasteiger partial charge < -0.3 is 20.1 Å². The summed E-state index contributed by atoms with van der Waals surface area (Å²) in [5.74, 6) is -0.885. The maximum absolute atomic E-state index is 12.6. The summed E-state index contributed by atoms with van der Waals surface area (Å²) in [6, 6.07) is 0. The van der Waals surface area contributed by atoms with E-state index in [0.29, 0.717) is 12.8 Å². The molecule has 3 N–H and O–H groups in total. The Morgan fingerprint density at radius 1 is 0.484 bits per heavy atom. The van der Waals surface area contributed by atoms with Crippen LogP contribution in [0.5, 0.6) is 0 Å². The number of ether oxygens (including phenoxy) is 2. The molecule has 0 saturated carbocycles. The van der Waals surface area contributed by atoms with E-state index in [1.165, 1.54) is 154 Å². The molecule has 0 aliphatic heterocycles. The van der Waals surface area contributed by atoms with Crippen LogP contribution in [0.2, 0.25) is 0 Å². The van der Waals surface area contributed by atoms with Crippen LogP contribution in [0.15, 0.2) is 48.6 Å². The average Bonchev–Trinajstić information content (AvgIpc) is 3.26. The molecule has 0 rings (SSSR count). The normalized spacial score (nSPS) is 13.5. The van der Waals surface area contributed by atoms with E-state index in [2.05, 4.69) is 62.5 Å². The zero-order chi connectivity index (χ0) is 45.3. The van der Waals surface area contributed by atoms with Gasteiger partial charge in [-0.15, -0.1) is 0 Å². The summed E-state index contributed by atoms with van der Waals surface area (Å²) in [6.07, 6.45) is 57.3. The van der Waals surface area contributed by atoms with Crippen LogP contribution in [0.4, 0.5) is 0 Å². The Kier molecular flexibility index (Phi) is 46.8. The lowest BCUT2D eigenvalue weighted by atomic mass is 10.0. The third-order valence-electron chi connectivity index (χ3n) is 11.0. The molecule has 2 atom stereocenters. The second-order valence-electron chi connectivity index (χ2n) is 17.0. The van der Waals surface area contributed by atoms with Crippen molar-refractivity contribution in [2.75, 3.05) is 26.4 Å². The van der Waals surface area contributed by atoms with E-state index >= 15 is 0 Å². The molecule has 10 heteroatoms. The first-order chi connectivity index (χ1) is 30.3. The Bertz CT molecular complexity index is 1160. The predicted molar refractivity (Wildman–Crippen MR) is 261 cm³/mol. The van der Waals surface area contributed by atoms with E-state index in [-0.39, 0.29) is 32.6 Å². The molecule has 0 fully saturated rings. The SMILES string of the molecule is CCCCCCCCC/C=C/C/C=C/C/C=C/C/C=C/CCCC(=O)OC[C@H](COP(=O)(O)OCCN)OC(=O)CCCCCCCCCCCCCCCCCCCCCC. The highest BCUT2D eigenvalue weighted by atomic mass is 31.2. The molecule has 0 aliphatic carbocycles. The summed E-state index contributed by atoms with van der Waals surface area (Å²) in [6.45, 7) is 3.70. The van der Waals surface area contributed by atoms with Crippen LogP contribution in [0.1, 0.15) is 239 Å².